The average Bonchev–Trinajstić information content (AvgIpc) is 3.06. The highest BCUT2D eigenvalue weighted by molar-refractivity contribution is 7.13. The molecular formula is C18H17N3O5S. The number of aromatic nitrogens is 2. The Morgan fingerprint density at radius 1 is 1.33 bits per heavy atom. The Morgan fingerprint density at radius 3 is 2.78 bits per heavy atom. The van der Waals surface area contributed by atoms with E-state index in [0.29, 0.717) is 27.4 Å². The van der Waals surface area contributed by atoms with Gasteiger partial charge in [0.05, 0.1) is 29.9 Å². The van der Waals surface area contributed by atoms with E-state index in [0.717, 1.165) is 0 Å². The predicted octanol–water partition coefficient (Wildman–Crippen LogP) is 2.54. The zero-order chi connectivity index (χ0) is 19.6. The van der Waals surface area contributed by atoms with Crippen molar-refractivity contribution in [1.29, 1.82) is 0 Å². The summed E-state index contributed by atoms with van der Waals surface area (Å²) in [5.74, 6) is -1.72. The molecule has 0 saturated heterocycles. The van der Waals surface area contributed by atoms with Crippen molar-refractivity contribution in [1.82, 2.24) is 9.55 Å². The number of para-hydroxylation sites is 1. The number of esters is 1. The molecule has 0 fully saturated rings. The van der Waals surface area contributed by atoms with Gasteiger partial charge in [0.1, 0.15) is 5.56 Å². The lowest BCUT2D eigenvalue weighted by Gasteiger charge is -2.15. The number of rotatable bonds is 6. The van der Waals surface area contributed by atoms with Crippen LogP contribution in [0.4, 0.5) is 10.8 Å². The highest BCUT2D eigenvalue weighted by atomic mass is 32.1. The largest absolute Gasteiger partial charge is 0.481 e. The SMILES string of the molecule is CCOC(=O)c1c(Nc2nc(CC(=O)O)cs2)c2ccccc2n(C)c1=O. The van der Waals surface area contributed by atoms with E-state index in [9.17, 15) is 14.4 Å². The lowest BCUT2D eigenvalue weighted by Crippen LogP contribution is -2.27. The number of carboxylic acids is 1. The summed E-state index contributed by atoms with van der Waals surface area (Å²) in [7, 11) is 1.59. The summed E-state index contributed by atoms with van der Waals surface area (Å²) in [5, 5.41) is 14.6. The van der Waals surface area contributed by atoms with Gasteiger partial charge in [-0.15, -0.1) is 11.3 Å². The van der Waals surface area contributed by atoms with Crippen molar-refractivity contribution >= 4 is 45.0 Å². The molecule has 0 aliphatic carbocycles. The molecule has 0 bridgehead atoms. The molecule has 140 valence electrons. The Hall–Kier alpha value is -3.20. The Kier molecular flexibility index (Phi) is 5.22. The normalized spacial score (nSPS) is 10.7. The van der Waals surface area contributed by atoms with Gasteiger partial charge in [0.15, 0.2) is 5.13 Å². The van der Waals surface area contributed by atoms with E-state index in [1.54, 1.807) is 43.6 Å². The van der Waals surface area contributed by atoms with Crippen LogP contribution in [-0.4, -0.2) is 33.2 Å². The zero-order valence-electron chi connectivity index (χ0n) is 14.7. The van der Waals surface area contributed by atoms with Gasteiger partial charge in [-0.3, -0.25) is 9.59 Å². The third-order valence-electron chi connectivity index (χ3n) is 3.90. The minimum absolute atomic E-state index is 0.118. The summed E-state index contributed by atoms with van der Waals surface area (Å²) in [5.41, 5.74) is 0.717. The maximum atomic E-state index is 12.8. The van der Waals surface area contributed by atoms with Crippen molar-refractivity contribution in [3.63, 3.8) is 0 Å². The minimum Gasteiger partial charge on any atom is -0.481 e. The molecule has 0 saturated carbocycles. The molecule has 0 atom stereocenters. The van der Waals surface area contributed by atoms with Crippen LogP contribution < -0.4 is 10.9 Å². The van der Waals surface area contributed by atoms with E-state index < -0.39 is 17.5 Å². The lowest BCUT2D eigenvalue weighted by molar-refractivity contribution is -0.136. The molecule has 0 spiro atoms. The number of thiazole rings is 1. The van der Waals surface area contributed by atoms with Crippen LogP contribution in [-0.2, 0) is 23.0 Å². The summed E-state index contributed by atoms with van der Waals surface area (Å²) in [4.78, 5) is 40.3. The van der Waals surface area contributed by atoms with E-state index in [2.05, 4.69) is 10.3 Å². The second kappa shape index (κ2) is 7.58. The van der Waals surface area contributed by atoms with Crippen LogP contribution in [0.2, 0.25) is 0 Å². The first-order valence-electron chi connectivity index (χ1n) is 8.14. The Morgan fingerprint density at radius 2 is 2.07 bits per heavy atom. The number of fused-ring (bicyclic) bond motifs is 1. The number of ether oxygens (including phenoxy) is 1. The topological polar surface area (TPSA) is 111 Å². The maximum absolute atomic E-state index is 12.8. The molecule has 1 aromatic carbocycles. The van der Waals surface area contributed by atoms with Gasteiger partial charge in [0.2, 0.25) is 0 Å². The van der Waals surface area contributed by atoms with E-state index in [-0.39, 0.29) is 18.6 Å². The molecule has 27 heavy (non-hydrogen) atoms. The molecule has 2 heterocycles. The predicted molar refractivity (Wildman–Crippen MR) is 102 cm³/mol. The molecule has 2 N–H and O–H groups in total. The fourth-order valence-electron chi connectivity index (χ4n) is 2.73. The molecule has 8 nitrogen and oxygen atoms in total. The number of carbonyl (C=O) groups excluding carboxylic acids is 1. The van der Waals surface area contributed by atoms with Crippen LogP contribution in [0.5, 0.6) is 0 Å². The van der Waals surface area contributed by atoms with Crippen LogP contribution in [0, 0.1) is 0 Å². The number of aryl methyl sites for hydroxylation is 1. The first-order chi connectivity index (χ1) is 12.9. The number of hydrogen-bond acceptors (Lipinski definition) is 7. The Balaban J connectivity index is 2.17. The average molecular weight is 387 g/mol. The molecule has 3 rings (SSSR count). The van der Waals surface area contributed by atoms with Gasteiger partial charge in [0.25, 0.3) is 5.56 Å². The number of benzene rings is 1. The fraction of sp³-hybridized carbons (Fsp3) is 0.222. The third-order valence-corrected chi connectivity index (χ3v) is 4.71. The standard InChI is InChI=1S/C18H17N3O5S/c1-3-26-17(25)14-15(20-18-19-10(9-27-18)8-13(22)23)11-6-4-5-7-12(11)21(2)16(14)24/h4-7,9H,3,8H2,1-2H3,(H,19,20)(H,22,23). The molecule has 0 aliphatic heterocycles. The fourth-order valence-corrected chi connectivity index (χ4v) is 3.44. The van der Waals surface area contributed by atoms with Gasteiger partial charge >= 0.3 is 11.9 Å². The lowest BCUT2D eigenvalue weighted by atomic mass is 10.1. The van der Waals surface area contributed by atoms with Crippen LogP contribution in [0.25, 0.3) is 10.9 Å². The van der Waals surface area contributed by atoms with Crippen molar-refractivity contribution < 1.29 is 19.4 Å². The van der Waals surface area contributed by atoms with Gasteiger partial charge in [-0.1, -0.05) is 18.2 Å². The second-order valence-corrected chi connectivity index (χ2v) is 6.55. The molecule has 0 radical (unpaired) electrons. The van der Waals surface area contributed by atoms with Crippen molar-refractivity contribution in [2.24, 2.45) is 7.05 Å². The van der Waals surface area contributed by atoms with Crippen molar-refractivity contribution in [3.8, 4) is 0 Å². The first kappa shape index (κ1) is 18.6. The third kappa shape index (κ3) is 3.68. The maximum Gasteiger partial charge on any atom is 0.345 e. The number of carbonyl (C=O) groups is 2. The number of aliphatic carboxylic acids is 1. The summed E-state index contributed by atoms with van der Waals surface area (Å²) in [6, 6.07) is 7.15. The number of nitrogens with one attached hydrogen (secondary N) is 1. The van der Waals surface area contributed by atoms with Gasteiger partial charge in [-0.25, -0.2) is 9.78 Å². The van der Waals surface area contributed by atoms with Gasteiger partial charge < -0.3 is 19.7 Å². The van der Waals surface area contributed by atoms with Crippen LogP contribution in [0.3, 0.4) is 0 Å². The zero-order valence-corrected chi connectivity index (χ0v) is 15.5. The van der Waals surface area contributed by atoms with Crippen LogP contribution in [0.15, 0.2) is 34.4 Å². The van der Waals surface area contributed by atoms with E-state index in [1.807, 2.05) is 0 Å². The quantitative estimate of drug-likeness (QED) is 0.625. The summed E-state index contributed by atoms with van der Waals surface area (Å²) in [6.45, 7) is 1.80. The molecule has 3 aromatic rings. The minimum atomic E-state index is -0.988. The number of pyridine rings is 1. The van der Waals surface area contributed by atoms with Crippen molar-refractivity contribution in [2.45, 2.75) is 13.3 Å². The van der Waals surface area contributed by atoms with E-state index in [4.69, 9.17) is 9.84 Å². The monoisotopic (exact) mass is 387 g/mol. The Labute approximate surface area is 158 Å². The summed E-state index contributed by atoms with van der Waals surface area (Å²) in [6.07, 6.45) is -0.208. The molecule has 0 amide bonds. The molecule has 0 unspecified atom stereocenters. The van der Waals surface area contributed by atoms with Crippen LogP contribution in [0.1, 0.15) is 23.0 Å². The Bertz CT molecular complexity index is 1090. The summed E-state index contributed by atoms with van der Waals surface area (Å²) < 4.78 is 6.46. The number of anilines is 2. The highest BCUT2D eigenvalue weighted by Gasteiger charge is 2.23. The van der Waals surface area contributed by atoms with E-state index >= 15 is 0 Å². The number of hydrogen-bond donors (Lipinski definition) is 2. The molecule has 0 aliphatic rings. The smallest absolute Gasteiger partial charge is 0.345 e. The van der Waals surface area contributed by atoms with E-state index in [1.165, 1.54) is 15.9 Å². The second-order valence-electron chi connectivity index (χ2n) is 5.69. The molecule has 9 heteroatoms. The number of nitrogens with zero attached hydrogens (tertiary/aromatic N) is 2. The molecular weight excluding hydrogens is 370 g/mol. The van der Waals surface area contributed by atoms with Gasteiger partial charge in [-0.05, 0) is 13.0 Å². The van der Waals surface area contributed by atoms with Crippen LogP contribution >= 0.6 is 11.3 Å². The molecule has 2 aromatic heterocycles. The van der Waals surface area contributed by atoms with Crippen molar-refractivity contribution in [3.05, 3.63) is 51.3 Å². The van der Waals surface area contributed by atoms with Crippen molar-refractivity contribution in [2.75, 3.05) is 11.9 Å². The van der Waals surface area contributed by atoms with Gasteiger partial charge in [0, 0.05) is 17.8 Å². The first-order valence-corrected chi connectivity index (χ1v) is 9.02. The highest BCUT2D eigenvalue weighted by Crippen LogP contribution is 2.30. The number of carboxylic acid groups (broad SMARTS) is 1. The van der Waals surface area contributed by atoms with Gasteiger partial charge in [-0.2, -0.15) is 0 Å². The summed E-state index contributed by atoms with van der Waals surface area (Å²) >= 11 is 1.19.